The Hall–Kier alpha value is -0.0800. The number of rotatable bonds is 5. The van der Waals surface area contributed by atoms with Gasteiger partial charge in [0.25, 0.3) is 0 Å². The molecule has 0 aromatic carbocycles. The maximum Gasteiger partial charge on any atom is 0.135 e. The van der Waals surface area contributed by atoms with Gasteiger partial charge in [-0.1, -0.05) is 20.8 Å². The van der Waals surface area contributed by atoms with Crippen molar-refractivity contribution in [1.29, 1.82) is 0 Å². The predicted molar refractivity (Wildman–Crippen MR) is 66.7 cm³/mol. The topological polar surface area (TPSA) is 3.24 Å². The van der Waals surface area contributed by atoms with Gasteiger partial charge in [-0.15, -0.1) is 0 Å². The van der Waals surface area contributed by atoms with Gasteiger partial charge in [0.15, 0.2) is 0 Å². The Labute approximate surface area is 95.8 Å². The van der Waals surface area contributed by atoms with Gasteiger partial charge in [0.05, 0.1) is 25.7 Å². The SMILES string of the molecule is CCC1C[N+](CC)(CC)CN1CC(C)C. The Morgan fingerprint density at radius 2 is 1.80 bits per heavy atom. The standard InChI is InChI=1S/C13H29N2/c1-6-13-10-15(7-2,8-3)11-14(13)9-12(4)5/h12-13H,6-11H2,1-5H3/q+1. The fourth-order valence-corrected chi connectivity index (χ4v) is 2.87. The summed E-state index contributed by atoms with van der Waals surface area (Å²) in [7, 11) is 0. The zero-order valence-corrected chi connectivity index (χ0v) is 11.3. The van der Waals surface area contributed by atoms with Crippen molar-refractivity contribution < 1.29 is 4.48 Å². The Morgan fingerprint density at radius 1 is 1.20 bits per heavy atom. The first-order chi connectivity index (χ1) is 7.06. The average Bonchev–Trinajstić information content (AvgIpc) is 2.56. The zero-order valence-electron chi connectivity index (χ0n) is 11.3. The van der Waals surface area contributed by atoms with Gasteiger partial charge < -0.3 is 4.48 Å². The summed E-state index contributed by atoms with van der Waals surface area (Å²) in [6.45, 7) is 18.2. The molecule has 0 N–H and O–H groups in total. The third-order valence-electron chi connectivity index (χ3n) is 4.01. The minimum atomic E-state index is 0.799. The molecule has 1 heterocycles. The Bertz CT molecular complexity index is 185. The molecule has 1 fully saturated rings. The lowest BCUT2D eigenvalue weighted by Gasteiger charge is -2.31. The maximum absolute atomic E-state index is 2.72. The lowest BCUT2D eigenvalue weighted by Crippen LogP contribution is -2.47. The van der Waals surface area contributed by atoms with Crippen molar-refractivity contribution in [1.82, 2.24) is 4.90 Å². The van der Waals surface area contributed by atoms with Crippen molar-refractivity contribution in [3.05, 3.63) is 0 Å². The Kier molecular flexibility index (Phi) is 4.60. The molecule has 0 saturated carbocycles. The van der Waals surface area contributed by atoms with Gasteiger partial charge in [-0.25, -0.2) is 4.90 Å². The molecule has 1 aliphatic heterocycles. The summed E-state index contributed by atoms with van der Waals surface area (Å²) < 4.78 is 1.31. The van der Waals surface area contributed by atoms with Gasteiger partial charge in [-0.3, -0.25) is 0 Å². The molecule has 90 valence electrons. The molecule has 1 saturated heterocycles. The lowest BCUT2D eigenvalue weighted by atomic mass is 10.1. The van der Waals surface area contributed by atoms with E-state index >= 15 is 0 Å². The molecule has 1 atom stereocenters. The smallest absolute Gasteiger partial charge is 0.135 e. The number of likely N-dealkylation sites (N-methyl/N-ethyl adjacent to an activating group) is 1. The minimum absolute atomic E-state index is 0.799. The molecule has 1 aliphatic rings. The van der Waals surface area contributed by atoms with Gasteiger partial charge in [0.2, 0.25) is 0 Å². The number of quaternary nitrogens is 1. The Morgan fingerprint density at radius 3 is 2.20 bits per heavy atom. The van der Waals surface area contributed by atoms with Crippen LogP contribution in [0.2, 0.25) is 0 Å². The molecule has 1 unspecified atom stereocenters. The zero-order chi connectivity index (χ0) is 11.5. The van der Waals surface area contributed by atoms with E-state index in [1.165, 1.54) is 43.8 Å². The normalized spacial score (nSPS) is 26.4. The van der Waals surface area contributed by atoms with Crippen LogP contribution in [0.1, 0.15) is 41.0 Å². The van der Waals surface area contributed by atoms with E-state index in [2.05, 4.69) is 39.5 Å². The van der Waals surface area contributed by atoms with E-state index in [4.69, 9.17) is 0 Å². The summed E-state index contributed by atoms with van der Waals surface area (Å²) in [6.07, 6.45) is 1.31. The van der Waals surface area contributed by atoms with Gasteiger partial charge in [-0.2, -0.15) is 0 Å². The van der Waals surface area contributed by atoms with Crippen LogP contribution in [0, 0.1) is 5.92 Å². The van der Waals surface area contributed by atoms with E-state index in [9.17, 15) is 0 Å². The second-order valence-electron chi connectivity index (χ2n) is 5.53. The van der Waals surface area contributed by atoms with Gasteiger partial charge in [0, 0.05) is 6.54 Å². The van der Waals surface area contributed by atoms with Crippen LogP contribution in [0.5, 0.6) is 0 Å². The van der Waals surface area contributed by atoms with Gasteiger partial charge in [0.1, 0.15) is 6.67 Å². The van der Waals surface area contributed by atoms with E-state index in [0.29, 0.717) is 0 Å². The largest absolute Gasteiger partial charge is 0.310 e. The van der Waals surface area contributed by atoms with Crippen molar-refractivity contribution in [2.75, 3.05) is 32.8 Å². The van der Waals surface area contributed by atoms with Gasteiger partial charge in [-0.05, 0) is 26.2 Å². The van der Waals surface area contributed by atoms with Crippen molar-refractivity contribution in [2.24, 2.45) is 5.92 Å². The molecule has 1 rings (SSSR count). The third-order valence-corrected chi connectivity index (χ3v) is 4.01. The average molecular weight is 213 g/mol. The molecular weight excluding hydrogens is 184 g/mol. The van der Waals surface area contributed by atoms with Crippen LogP contribution in [0.3, 0.4) is 0 Å². The highest BCUT2D eigenvalue weighted by molar-refractivity contribution is 4.75. The highest BCUT2D eigenvalue weighted by Crippen LogP contribution is 2.24. The fraction of sp³-hybridized carbons (Fsp3) is 1.00. The highest BCUT2D eigenvalue weighted by atomic mass is 15.5. The number of hydrogen-bond donors (Lipinski definition) is 0. The number of nitrogens with zero attached hydrogens (tertiary/aromatic N) is 2. The molecular formula is C13H29N2+. The molecule has 0 amide bonds. The molecule has 0 spiro atoms. The van der Waals surface area contributed by atoms with Gasteiger partial charge >= 0.3 is 0 Å². The van der Waals surface area contributed by atoms with Crippen LogP contribution in [0.15, 0.2) is 0 Å². The second kappa shape index (κ2) is 5.31. The van der Waals surface area contributed by atoms with Crippen LogP contribution in [-0.2, 0) is 0 Å². The number of hydrogen-bond acceptors (Lipinski definition) is 1. The van der Waals surface area contributed by atoms with Crippen molar-refractivity contribution in [3.63, 3.8) is 0 Å². The summed E-state index contributed by atoms with van der Waals surface area (Å²) in [6, 6.07) is 0.826. The van der Waals surface area contributed by atoms with Crippen molar-refractivity contribution >= 4 is 0 Å². The fourth-order valence-electron chi connectivity index (χ4n) is 2.87. The van der Waals surface area contributed by atoms with E-state index in [1.54, 1.807) is 0 Å². The molecule has 0 aliphatic carbocycles. The minimum Gasteiger partial charge on any atom is -0.310 e. The van der Waals surface area contributed by atoms with E-state index in [1.807, 2.05) is 0 Å². The highest BCUT2D eigenvalue weighted by Gasteiger charge is 2.40. The summed E-state index contributed by atoms with van der Waals surface area (Å²) in [5.74, 6) is 0.799. The third kappa shape index (κ3) is 2.94. The monoisotopic (exact) mass is 213 g/mol. The van der Waals surface area contributed by atoms with E-state index in [-0.39, 0.29) is 0 Å². The first-order valence-corrected chi connectivity index (χ1v) is 6.66. The van der Waals surface area contributed by atoms with E-state index in [0.717, 1.165) is 12.0 Å². The van der Waals surface area contributed by atoms with Crippen molar-refractivity contribution in [2.45, 2.75) is 47.1 Å². The molecule has 2 heteroatoms. The molecule has 0 aromatic heterocycles. The van der Waals surface area contributed by atoms with Crippen LogP contribution in [-0.4, -0.2) is 48.3 Å². The predicted octanol–water partition coefficient (Wildman–Crippen LogP) is 2.55. The van der Waals surface area contributed by atoms with Crippen LogP contribution >= 0.6 is 0 Å². The van der Waals surface area contributed by atoms with Crippen LogP contribution in [0.25, 0.3) is 0 Å². The second-order valence-corrected chi connectivity index (χ2v) is 5.53. The molecule has 2 nitrogen and oxygen atoms in total. The Balaban J connectivity index is 2.65. The first kappa shape index (κ1) is 13.0. The van der Waals surface area contributed by atoms with Crippen LogP contribution in [0.4, 0.5) is 0 Å². The quantitative estimate of drug-likeness (QED) is 0.634. The molecule has 0 radical (unpaired) electrons. The summed E-state index contributed by atoms with van der Waals surface area (Å²) in [5, 5.41) is 0. The summed E-state index contributed by atoms with van der Waals surface area (Å²) in [5.41, 5.74) is 0. The molecule has 15 heavy (non-hydrogen) atoms. The van der Waals surface area contributed by atoms with E-state index < -0.39 is 0 Å². The molecule has 0 bridgehead atoms. The summed E-state index contributed by atoms with van der Waals surface area (Å²) >= 11 is 0. The first-order valence-electron chi connectivity index (χ1n) is 6.66. The lowest BCUT2D eigenvalue weighted by molar-refractivity contribution is -0.918. The van der Waals surface area contributed by atoms with Crippen LogP contribution < -0.4 is 0 Å². The maximum atomic E-state index is 2.72. The van der Waals surface area contributed by atoms with Crippen molar-refractivity contribution in [3.8, 4) is 0 Å². The summed E-state index contributed by atoms with van der Waals surface area (Å²) in [4.78, 5) is 2.72. The molecule has 0 aromatic rings.